The number of rotatable bonds is 3. The number of imidazole rings is 1. The maximum absolute atomic E-state index is 6.18. The van der Waals surface area contributed by atoms with Crippen molar-refractivity contribution in [3.63, 3.8) is 0 Å². The Morgan fingerprint density at radius 2 is 2.32 bits per heavy atom. The number of halogens is 1. The molecule has 1 atom stereocenters. The van der Waals surface area contributed by atoms with Gasteiger partial charge in [0.15, 0.2) is 0 Å². The van der Waals surface area contributed by atoms with E-state index in [1.54, 1.807) is 0 Å². The lowest BCUT2D eigenvalue weighted by Crippen LogP contribution is -2.28. The van der Waals surface area contributed by atoms with E-state index in [0.29, 0.717) is 12.0 Å². The van der Waals surface area contributed by atoms with Crippen molar-refractivity contribution in [3.05, 3.63) is 35.4 Å². The maximum atomic E-state index is 6.18. The fourth-order valence-corrected chi connectivity index (χ4v) is 3.16. The second kappa shape index (κ2) is 5.14. The standard InChI is InChI=1S/C15H20ClN3/c1-11(2)18-7-5-12(10-18)8-15-17-9-14-13(16)4-3-6-19(14)15/h3-4,6,9,11-12H,5,7-8,10H2,1-2H3. The summed E-state index contributed by atoms with van der Waals surface area (Å²) in [7, 11) is 0. The Morgan fingerprint density at radius 1 is 1.47 bits per heavy atom. The molecule has 2 aromatic rings. The molecule has 4 heteroatoms. The molecule has 1 saturated heterocycles. The number of nitrogens with zero attached hydrogens (tertiary/aromatic N) is 3. The average Bonchev–Trinajstić information content (AvgIpc) is 2.98. The van der Waals surface area contributed by atoms with Gasteiger partial charge in [0, 0.05) is 25.2 Å². The normalized spacial score (nSPS) is 20.7. The lowest BCUT2D eigenvalue weighted by atomic mass is 10.0. The summed E-state index contributed by atoms with van der Waals surface area (Å²) in [6.45, 7) is 6.94. The summed E-state index contributed by atoms with van der Waals surface area (Å²) < 4.78 is 2.13. The third-order valence-corrected chi connectivity index (χ3v) is 4.43. The van der Waals surface area contributed by atoms with E-state index in [4.69, 9.17) is 11.6 Å². The van der Waals surface area contributed by atoms with Crippen molar-refractivity contribution in [2.24, 2.45) is 5.92 Å². The summed E-state index contributed by atoms with van der Waals surface area (Å²) in [5.74, 6) is 1.85. The first-order chi connectivity index (χ1) is 9.15. The van der Waals surface area contributed by atoms with Crippen LogP contribution in [0, 0.1) is 5.92 Å². The second-order valence-corrected chi connectivity index (χ2v) is 6.14. The van der Waals surface area contributed by atoms with Crippen LogP contribution in [0.1, 0.15) is 26.1 Å². The first-order valence-electron chi connectivity index (χ1n) is 6.99. The highest BCUT2D eigenvalue weighted by atomic mass is 35.5. The SMILES string of the molecule is CC(C)N1CCC(Cc2ncc3c(Cl)cccn23)C1. The fraction of sp³-hybridized carbons (Fsp3) is 0.533. The zero-order chi connectivity index (χ0) is 13.4. The van der Waals surface area contributed by atoms with Crippen LogP contribution < -0.4 is 0 Å². The van der Waals surface area contributed by atoms with Gasteiger partial charge in [-0.1, -0.05) is 11.6 Å². The lowest BCUT2D eigenvalue weighted by Gasteiger charge is -2.20. The summed E-state index contributed by atoms with van der Waals surface area (Å²) in [6, 6.07) is 4.55. The van der Waals surface area contributed by atoms with Crippen LogP contribution in [-0.4, -0.2) is 33.4 Å². The van der Waals surface area contributed by atoms with E-state index in [1.807, 2.05) is 18.3 Å². The van der Waals surface area contributed by atoms with Crippen LogP contribution in [0.15, 0.2) is 24.5 Å². The Kier molecular flexibility index (Phi) is 3.50. The van der Waals surface area contributed by atoms with E-state index in [-0.39, 0.29) is 0 Å². The van der Waals surface area contributed by atoms with E-state index in [2.05, 4.69) is 34.3 Å². The monoisotopic (exact) mass is 277 g/mol. The molecule has 19 heavy (non-hydrogen) atoms. The molecule has 0 radical (unpaired) electrons. The van der Waals surface area contributed by atoms with Crippen molar-refractivity contribution in [2.75, 3.05) is 13.1 Å². The number of hydrogen-bond acceptors (Lipinski definition) is 2. The molecule has 0 aromatic carbocycles. The number of hydrogen-bond donors (Lipinski definition) is 0. The van der Waals surface area contributed by atoms with Crippen molar-refractivity contribution in [1.29, 1.82) is 0 Å². The zero-order valence-electron chi connectivity index (χ0n) is 11.5. The summed E-state index contributed by atoms with van der Waals surface area (Å²) in [6.07, 6.45) is 6.25. The maximum Gasteiger partial charge on any atom is 0.113 e. The molecule has 0 spiro atoms. The molecule has 0 saturated carbocycles. The highest BCUT2D eigenvalue weighted by Gasteiger charge is 2.25. The van der Waals surface area contributed by atoms with Gasteiger partial charge in [-0.2, -0.15) is 0 Å². The van der Waals surface area contributed by atoms with E-state index >= 15 is 0 Å². The predicted molar refractivity (Wildman–Crippen MR) is 78.7 cm³/mol. The van der Waals surface area contributed by atoms with Gasteiger partial charge < -0.3 is 9.30 Å². The Labute approximate surface area is 119 Å². The molecule has 3 rings (SSSR count). The van der Waals surface area contributed by atoms with Gasteiger partial charge in [0.1, 0.15) is 5.82 Å². The molecular formula is C15H20ClN3. The minimum absolute atomic E-state index is 0.650. The first-order valence-corrected chi connectivity index (χ1v) is 7.37. The molecule has 0 bridgehead atoms. The lowest BCUT2D eigenvalue weighted by molar-refractivity contribution is 0.264. The molecule has 2 aromatic heterocycles. The summed E-state index contributed by atoms with van der Waals surface area (Å²) in [5.41, 5.74) is 1.01. The van der Waals surface area contributed by atoms with Gasteiger partial charge in [0.05, 0.1) is 16.7 Å². The summed E-state index contributed by atoms with van der Waals surface area (Å²) in [5, 5.41) is 0.775. The van der Waals surface area contributed by atoms with Crippen LogP contribution in [0.25, 0.3) is 5.52 Å². The van der Waals surface area contributed by atoms with Gasteiger partial charge in [-0.05, 0) is 44.9 Å². The van der Waals surface area contributed by atoms with E-state index in [0.717, 1.165) is 22.8 Å². The van der Waals surface area contributed by atoms with Crippen molar-refractivity contribution < 1.29 is 0 Å². The Hall–Kier alpha value is -1.06. The smallest absolute Gasteiger partial charge is 0.113 e. The molecule has 102 valence electrons. The minimum Gasteiger partial charge on any atom is -0.302 e. The van der Waals surface area contributed by atoms with Gasteiger partial charge in [0.2, 0.25) is 0 Å². The molecule has 3 heterocycles. The van der Waals surface area contributed by atoms with Crippen LogP contribution in [0.4, 0.5) is 0 Å². The van der Waals surface area contributed by atoms with Crippen LogP contribution in [0.5, 0.6) is 0 Å². The van der Waals surface area contributed by atoms with Crippen molar-refractivity contribution in [1.82, 2.24) is 14.3 Å². The van der Waals surface area contributed by atoms with Gasteiger partial charge in [0.25, 0.3) is 0 Å². The van der Waals surface area contributed by atoms with Gasteiger partial charge >= 0.3 is 0 Å². The minimum atomic E-state index is 0.650. The average molecular weight is 278 g/mol. The van der Waals surface area contributed by atoms with E-state index in [9.17, 15) is 0 Å². The zero-order valence-corrected chi connectivity index (χ0v) is 12.3. The summed E-state index contributed by atoms with van der Waals surface area (Å²) >= 11 is 6.18. The van der Waals surface area contributed by atoms with Crippen LogP contribution >= 0.6 is 11.6 Å². The molecule has 1 fully saturated rings. The van der Waals surface area contributed by atoms with Crippen LogP contribution in [0.2, 0.25) is 5.02 Å². The third kappa shape index (κ3) is 2.49. The van der Waals surface area contributed by atoms with Crippen molar-refractivity contribution in [2.45, 2.75) is 32.7 Å². The highest BCUT2D eigenvalue weighted by Crippen LogP contribution is 2.24. The Balaban J connectivity index is 1.78. The Bertz CT molecular complexity index is 576. The van der Waals surface area contributed by atoms with E-state index in [1.165, 1.54) is 19.5 Å². The number of aromatic nitrogens is 2. The van der Waals surface area contributed by atoms with Crippen molar-refractivity contribution >= 4 is 17.1 Å². The molecule has 0 amide bonds. The number of pyridine rings is 1. The van der Waals surface area contributed by atoms with Crippen molar-refractivity contribution in [3.8, 4) is 0 Å². The molecule has 0 N–H and O–H groups in total. The quantitative estimate of drug-likeness (QED) is 0.858. The van der Waals surface area contributed by atoms with Gasteiger partial charge in [-0.3, -0.25) is 0 Å². The first kappa shape index (κ1) is 12.9. The molecule has 1 aliphatic rings. The number of likely N-dealkylation sites (tertiary alicyclic amines) is 1. The van der Waals surface area contributed by atoms with Gasteiger partial charge in [-0.15, -0.1) is 0 Å². The van der Waals surface area contributed by atoms with Gasteiger partial charge in [-0.25, -0.2) is 4.98 Å². The third-order valence-electron chi connectivity index (χ3n) is 4.11. The predicted octanol–water partition coefficient (Wildman–Crippen LogP) is 3.26. The number of fused-ring (bicyclic) bond motifs is 1. The van der Waals surface area contributed by atoms with Crippen LogP contribution in [-0.2, 0) is 6.42 Å². The molecular weight excluding hydrogens is 258 g/mol. The second-order valence-electron chi connectivity index (χ2n) is 5.73. The molecule has 3 nitrogen and oxygen atoms in total. The molecule has 1 unspecified atom stereocenters. The Morgan fingerprint density at radius 3 is 3.05 bits per heavy atom. The van der Waals surface area contributed by atoms with E-state index < -0.39 is 0 Å². The summed E-state index contributed by atoms with van der Waals surface area (Å²) in [4.78, 5) is 7.10. The fourth-order valence-electron chi connectivity index (χ4n) is 2.95. The van der Waals surface area contributed by atoms with Crippen LogP contribution in [0.3, 0.4) is 0 Å². The molecule has 0 aliphatic carbocycles. The molecule has 1 aliphatic heterocycles. The highest BCUT2D eigenvalue weighted by molar-refractivity contribution is 6.33. The largest absolute Gasteiger partial charge is 0.302 e. The topological polar surface area (TPSA) is 20.5 Å².